The van der Waals surface area contributed by atoms with Crippen molar-refractivity contribution >= 4 is 11.9 Å². The van der Waals surface area contributed by atoms with Gasteiger partial charge in [-0.2, -0.15) is 0 Å². The first-order chi connectivity index (χ1) is 8.56. The summed E-state index contributed by atoms with van der Waals surface area (Å²) >= 11 is 0. The van der Waals surface area contributed by atoms with Crippen molar-refractivity contribution in [3.8, 4) is 0 Å². The summed E-state index contributed by atoms with van der Waals surface area (Å²) in [4.78, 5) is 24.0. The van der Waals surface area contributed by atoms with E-state index in [1.165, 1.54) is 4.90 Å². The number of hydrogen-bond acceptors (Lipinski definition) is 3. The number of aliphatic carboxylic acids is 1. The molecule has 1 N–H and O–H groups in total. The predicted molar refractivity (Wildman–Crippen MR) is 66.4 cm³/mol. The van der Waals surface area contributed by atoms with Gasteiger partial charge >= 0.3 is 5.97 Å². The molecule has 0 aromatic heterocycles. The Labute approximate surface area is 106 Å². The van der Waals surface area contributed by atoms with E-state index in [4.69, 9.17) is 9.84 Å². The van der Waals surface area contributed by atoms with Gasteiger partial charge in [-0.15, -0.1) is 0 Å². The Morgan fingerprint density at radius 3 is 2.61 bits per heavy atom. The highest BCUT2D eigenvalue weighted by molar-refractivity contribution is 5.95. The van der Waals surface area contributed by atoms with Crippen LogP contribution in [0, 0.1) is 0 Å². The maximum Gasteiger partial charge on any atom is 0.305 e. The molecule has 1 rings (SSSR count). The van der Waals surface area contributed by atoms with Crippen LogP contribution in [0.5, 0.6) is 0 Å². The lowest BCUT2D eigenvalue weighted by atomic mass is 10.1. The molecule has 18 heavy (non-hydrogen) atoms. The van der Waals surface area contributed by atoms with Crippen molar-refractivity contribution in [3.63, 3.8) is 0 Å². The molecule has 0 radical (unpaired) electrons. The van der Waals surface area contributed by atoms with Gasteiger partial charge in [0, 0.05) is 26.3 Å². The SMILES string of the molecule is COCc1ccccc1C(=O)N(C)CCC(=O)O. The fourth-order valence-electron chi connectivity index (χ4n) is 1.58. The molecule has 1 amide bonds. The molecule has 0 fully saturated rings. The van der Waals surface area contributed by atoms with Crippen molar-refractivity contribution in [2.45, 2.75) is 13.0 Å². The van der Waals surface area contributed by atoms with Crippen LogP contribution >= 0.6 is 0 Å². The molecule has 0 aliphatic carbocycles. The highest BCUT2D eigenvalue weighted by atomic mass is 16.5. The van der Waals surface area contributed by atoms with E-state index in [9.17, 15) is 9.59 Å². The standard InChI is InChI=1S/C13H17NO4/c1-14(8-7-12(15)16)13(17)11-6-4-3-5-10(11)9-18-2/h3-6H,7-9H2,1-2H3,(H,15,16). The summed E-state index contributed by atoms with van der Waals surface area (Å²) in [7, 11) is 3.16. The van der Waals surface area contributed by atoms with Crippen molar-refractivity contribution in [2.24, 2.45) is 0 Å². The zero-order valence-electron chi connectivity index (χ0n) is 10.5. The lowest BCUT2D eigenvalue weighted by Crippen LogP contribution is -2.29. The van der Waals surface area contributed by atoms with Crippen molar-refractivity contribution < 1.29 is 19.4 Å². The minimum atomic E-state index is -0.917. The van der Waals surface area contributed by atoms with Crippen LogP contribution in [0.4, 0.5) is 0 Å². The molecule has 0 bridgehead atoms. The summed E-state index contributed by atoms with van der Waals surface area (Å²) in [6.45, 7) is 0.546. The number of carboxylic acids is 1. The third kappa shape index (κ3) is 3.85. The monoisotopic (exact) mass is 251 g/mol. The number of amides is 1. The van der Waals surface area contributed by atoms with E-state index in [2.05, 4.69) is 0 Å². The molecule has 5 heteroatoms. The van der Waals surface area contributed by atoms with Gasteiger partial charge in [0.05, 0.1) is 13.0 Å². The number of carbonyl (C=O) groups is 2. The number of methoxy groups -OCH3 is 1. The minimum Gasteiger partial charge on any atom is -0.481 e. The summed E-state index contributed by atoms with van der Waals surface area (Å²) in [5, 5.41) is 8.60. The Bertz CT molecular complexity index is 431. The lowest BCUT2D eigenvalue weighted by Gasteiger charge is -2.18. The number of benzene rings is 1. The quantitative estimate of drug-likeness (QED) is 0.829. The molecular formula is C13H17NO4. The van der Waals surface area contributed by atoms with Gasteiger partial charge in [0.1, 0.15) is 0 Å². The smallest absolute Gasteiger partial charge is 0.305 e. The third-order valence-electron chi connectivity index (χ3n) is 2.56. The second-order valence-electron chi connectivity index (χ2n) is 3.96. The average molecular weight is 251 g/mol. The predicted octanol–water partition coefficient (Wildman–Crippen LogP) is 1.38. The molecule has 98 valence electrons. The van der Waals surface area contributed by atoms with Crippen LogP contribution in [0.15, 0.2) is 24.3 Å². The normalized spacial score (nSPS) is 10.1. The first-order valence-electron chi connectivity index (χ1n) is 5.60. The highest BCUT2D eigenvalue weighted by Crippen LogP contribution is 2.12. The van der Waals surface area contributed by atoms with Crippen LogP contribution in [-0.2, 0) is 16.1 Å². The third-order valence-corrected chi connectivity index (χ3v) is 2.56. The summed E-state index contributed by atoms with van der Waals surface area (Å²) in [6.07, 6.45) is -0.0608. The van der Waals surface area contributed by atoms with Gasteiger partial charge in [0.2, 0.25) is 0 Å². The van der Waals surface area contributed by atoms with Crippen LogP contribution < -0.4 is 0 Å². The molecular weight excluding hydrogens is 234 g/mol. The number of carboxylic acid groups (broad SMARTS) is 1. The van der Waals surface area contributed by atoms with Gasteiger partial charge < -0.3 is 14.7 Å². The number of carbonyl (C=O) groups excluding carboxylic acids is 1. The molecule has 0 spiro atoms. The zero-order chi connectivity index (χ0) is 13.5. The second-order valence-corrected chi connectivity index (χ2v) is 3.96. The van der Waals surface area contributed by atoms with Crippen LogP contribution in [0.3, 0.4) is 0 Å². The van der Waals surface area contributed by atoms with E-state index in [1.807, 2.05) is 12.1 Å². The van der Waals surface area contributed by atoms with Crippen molar-refractivity contribution in [1.29, 1.82) is 0 Å². The fourth-order valence-corrected chi connectivity index (χ4v) is 1.58. The van der Waals surface area contributed by atoms with Gasteiger partial charge in [-0.3, -0.25) is 9.59 Å². The van der Waals surface area contributed by atoms with Gasteiger partial charge in [-0.25, -0.2) is 0 Å². The van der Waals surface area contributed by atoms with Gasteiger partial charge in [-0.1, -0.05) is 18.2 Å². The molecule has 0 heterocycles. The van der Waals surface area contributed by atoms with Crippen LogP contribution in [0.25, 0.3) is 0 Å². The van der Waals surface area contributed by atoms with E-state index >= 15 is 0 Å². The molecule has 0 atom stereocenters. The van der Waals surface area contributed by atoms with Crippen LogP contribution in [0.2, 0.25) is 0 Å². The largest absolute Gasteiger partial charge is 0.481 e. The molecule has 0 aliphatic heterocycles. The summed E-state index contributed by atoms with van der Waals surface area (Å²) in [6, 6.07) is 7.15. The Morgan fingerprint density at radius 1 is 1.33 bits per heavy atom. The maximum absolute atomic E-state index is 12.1. The Morgan fingerprint density at radius 2 is 2.00 bits per heavy atom. The van der Waals surface area contributed by atoms with Gasteiger partial charge in [0.15, 0.2) is 0 Å². The van der Waals surface area contributed by atoms with E-state index in [1.54, 1.807) is 26.3 Å². The Kier molecular flexibility index (Phi) is 5.32. The minimum absolute atomic E-state index is 0.0608. The van der Waals surface area contributed by atoms with E-state index < -0.39 is 5.97 Å². The number of hydrogen-bond donors (Lipinski definition) is 1. The first kappa shape index (κ1) is 14.2. The van der Waals surface area contributed by atoms with E-state index in [0.29, 0.717) is 12.2 Å². The average Bonchev–Trinajstić information content (AvgIpc) is 2.36. The highest BCUT2D eigenvalue weighted by Gasteiger charge is 2.15. The van der Waals surface area contributed by atoms with Crippen molar-refractivity contribution in [2.75, 3.05) is 20.7 Å². The molecule has 0 saturated carbocycles. The maximum atomic E-state index is 12.1. The molecule has 0 aliphatic rings. The van der Waals surface area contributed by atoms with Crippen molar-refractivity contribution in [1.82, 2.24) is 4.90 Å². The molecule has 0 unspecified atom stereocenters. The first-order valence-corrected chi connectivity index (χ1v) is 5.60. The Hall–Kier alpha value is -1.88. The van der Waals surface area contributed by atoms with Crippen molar-refractivity contribution in [3.05, 3.63) is 35.4 Å². The van der Waals surface area contributed by atoms with Gasteiger partial charge in [-0.05, 0) is 11.6 Å². The molecule has 0 saturated heterocycles. The fraction of sp³-hybridized carbons (Fsp3) is 0.385. The Balaban J connectivity index is 2.79. The zero-order valence-corrected chi connectivity index (χ0v) is 10.5. The molecule has 1 aromatic rings. The number of nitrogens with zero attached hydrogens (tertiary/aromatic N) is 1. The van der Waals surface area contributed by atoms with E-state index in [-0.39, 0.29) is 18.9 Å². The lowest BCUT2D eigenvalue weighted by molar-refractivity contribution is -0.137. The topological polar surface area (TPSA) is 66.8 Å². The molecule has 1 aromatic carbocycles. The summed E-state index contributed by atoms with van der Waals surface area (Å²) < 4.78 is 5.03. The van der Waals surface area contributed by atoms with Crippen LogP contribution in [-0.4, -0.2) is 42.6 Å². The summed E-state index contributed by atoms with van der Waals surface area (Å²) in [5.41, 5.74) is 1.35. The van der Waals surface area contributed by atoms with E-state index in [0.717, 1.165) is 5.56 Å². The number of ether oxygens (including phenoxy) is 1. The van der Waals surface area contributed by atoms with Crippen LogP contribution in [0.1, 0.15) is 22.3 Å². The number of rotatable bonds is 6. The summed E-state index contributed by atoms with van der Waals surface area (Å²) in [5.74, 6) is -1.11. The second kappa shape index (κ2) is 6.76. The molecule has 5 nitrogen and oxygen atoms in total. The van der Waals surface area contributed by atoms with Gasteiger partial charge in [0.25, 0.3) is 5.91 Å².